The van der Waals surface area contributed by atoms with Crippen molar-refractivity contribution in [2.75, 3.05) is 20.0 Å². The maximum absolute atomic E-state index is 13.7. The van der Waals surface area contributed by atoms with Gasteiger partial charge >= 0.3 is 0 Å². The van der Waals surface area contributed by atoms with Gasteiger partial charge in [-0.25, -0.2) is 9.37 Å². The van der Waals surface area contributed by atoms with Crippen molar-refractivity contribution in [2.45, 2.75) is 0 Å². The fourth-order valence-corrected chi connectivity index (χ4v) is 2.27. The van der Waals surface area contributed by atoms with Crippen molar-refractivity contribution in [1.82, 2.24) is 9.55 Å². The normalized spacial score (nSPS) is 10.8. The van der Waals surface area contributed by atoms with Crippen molar-refractivity contribution < 1.29 is 13.9 Å². The number of hydrogen-bond acceptors (Lipinski definition) is 4. The SMILES string of the molecule is COc1cccc(-n2c(N)nc3cc(F)c(OC)cc32)c1. The first-order valence-electron chi connectivity index (χ1n) is 6.30. The number of methoxy groups -OCH3 is 2. The number of imidazole rings is 1. The quantitative estimate of drug-likeness (QED) is 0.804. The number of benzene rings is 2. The van der Waals surface area contributed by atoms with Crippen LogP contribution in [0.1, 0.15) is 0 Å². The van der Waals surface area contributed by atoms with Crippen LogP contribution in [0.3, 0.4) is 0 Å². The molecule has 0 atom stereocenters. The number of rotatable bonds is 3. The van der Waals surface area contributed by atoms with E-state index >= 15 is 0 Å². The molecule has 0 spiro atoms. The molecular weight excluding hydrogens is 273 g/mol. The van der Waals surface area contributed by atoms with E-state index in [1.54, 1.807) is 17.7 Å². The van der Waals surface area contributed by atoms with Gasteiger partial charge in [0.15, 0.2) is 11.6 Å². The van der Waals surface area contributed by atoms with Crippen LogP contribution in [0.15, 0.2) is 36.4 Å². The lowest BCUT2D eigenvalue weighted by atomic mass is 10.2. The molecular formula is C15H14FN3O2. The average Bonchev–Trinajstić information content (AvgIpc) is 2.81. The van der Waals surface area contributed by atoms with Gasteiger partial charge in [0.25, 0.3) is 0 Å². The minimum Gasteiger partial charge on any atom is -0.497 e. The van der Waals surface area contributed by atoms with Crippen LogP contribution in [0.5, 0.6) is 11.5 Å². The Morgan fingerprint density at radius 2 is 1.95 bits per heavy atom. The Balaban J connectivity index is 2.28. The standard InChI is InChI=1S/C15H14FN3O2/c1-20-10-5-3-4-9(6-10)19-13-8-14(21-2)11(16)7-12(13)18-15(19)17/h3-8H,1-2H3,(H2,17,18). The molecule has 0 saturated carbocycles. The van der Waals surface area contributed by atoms with Crippen LogP contribution in [0.25, 0.3) is 16.7 Å². The van der Waals surface area contributed by atoms with E-state index in [4.69, 9.17) is 15.2 Å². The molecule has 3 aromatic rings. The highest BCUT2D eigenvalue weighted by molar-refractivity contribution is 5.82. The lowest BCUT2D eigenvalue weighted by Crippen LogP contribution is -2.01. The summed E-state index contributed by atoms with van der Waals surface area (Å²) in [5.74, 6) is 0.639. The second kappa shape index (κ2) is 4.97. The van der Waals surface area contributed by atoms with Crippen LogP contribution in [-0.4, -0.2) is 23.8 Å². The highest BCUT2D eigenvalue weighted by atomic mass is 19.1. The lowest BCUT2D eigenvalue weighted by Gasteiger charge is -2.09. The number of anilines is 1. The number of aromatic nitrogens is 2. The fraction of sp³-hybridized carbons (Fsp3) is 0.133. The Morgan fingerprint density at radius 1 is 1.14 bits per heavy atom. The van der Waals surface area contributed by atoms with Crippen molar-refractivity contribution in [3.63, 3.8) is 0 Å². The first-order valence-corrected chi connectivity index (χ1v) is 6.30. The molecule has 0 fully saturated rings. The van der Waals surface area contributed by atoms with Gasteiger partial charge in [-0.15, -0.1) is 0 Å². The first-order chi connectivity index (χ1) is 10.1. The van der Waals surface area contributed by atoms with Gasteiger partial charge in [0, 0.05) is 18.2 Å². The fourth-order valence-electron chi connectivity index (χ4n) is 2.27. The minimum atomic E-state index is -0.472. The molecule has 0 bridgehead atoms. The minimum absolute atomic E-state index is 0.145. The summed E-state index contributed by atoms with van der Waals surface area (Å²) in [7, 11) is 3.01. The molecule has 5 nitrogen and oxygen atoms in total. The molecule has 21 heavy (non-hydrogen) atoms. The van der Waals surface area contributed by atoms with Gasteiger partial charge in [-0.05, 0) is 12.1 Å². The molecule has 108 valence electrons. The van der Waals surface area contributed by atoms with E-state index in [2.05, 4.69) is 4.98 Å². The van der Waals surface area contributed by atoms with Crippen molar-refractivity contribution >= 4 is 17.0 Å². The largest absolute Gasteiger partial charge is 0.497 e. The van der Waals surface area contributed by atoms with Crippen molar-refractivity contribution in [3.8, 4) is 17.2 Å². The Morgan fingerprint density at radius 3 is 2.67 bits per heavy atom. The van der Waals surface area contributed by atoms with E-state index < -0.39 is 5.82 Å². The molecule has 2 N–H and O–H groups in total. The number of nitrogen functional groups attached to an aromatic ring is 1. The van der Waals surface area contributed by atoms with Crippen molar-refractivity contribution in [1.29, 1.82) is 0 Å². The highest BCUT2D eigenvalue weighted by Crippen LogP contribution is 2.29. The molecule has 1 aromatic heterocycles. The molecule has 3 rings (SSSR count). The monoisotopic (exact) mass is 287 g/mol. The summed E-state index contributed by atoms with van der Waals surface area (Å²) in [6, 6.07) is 10.3. The zero-order chi connectivity index (χ0) is 15.0. The van der Waals surface area contributed by atoms with Gasteiger partial charge in [-0.3, -0.25) is 4.57 Å². The average molecular weight is 287 g/mol. The lowest BCUT2D eigenvalue weighted by molar-refractivity contribution is 0.387. The summed E-state index contributed by atoms with van der Waals surface area (Å²) in [6.07, 6.45) is 0. The third kappa shape index (κ3) is 2.14. The number of ether oxygens (including phenoxy) is 2. The number of fused-ring (bicyclic) bond motifs is 1. The van der Waals surface area contributed by atoms with E-state index in [9.17, 15) is 4.39 Å². The van der Waals surface area contributed by atoms with Gasteiger partial charge in [-0.1, -0.05) is 6.07 Å². The first kappa shape index (κ1) is 13.2. The maximum Gasteiger partial charge on any atom is 0.205 e. The third-order valence-corrected chi connectivity index (χ3v) is 3.27. The second-order valence-electron chi connectivity index (χ2n) is 4.48. The molecule has 0 aliphatic rings. The Hall–Kier alpha value is -2.76. The molecule has 0 aliphatic heterocycles. The number of nitrogens with zero attached hydrogens (tertiary/aromatic N) is 2. The summed E-state index contributed by atoms with van der Waals surface area (Å²) < 4.78 is 25.7. The van der Waals surface area contributed by atoms with Crippen LogP contribution >= 0.6 is 0 Å². The predicted octanol–water partition coefficient (Wildman–Crippen LogP) is 2.76. The smallest absolute Gasteiger partial charge is 0.205 e. The summed E-state index contributed by atoms with van der Waals surface area (Å²) in [5.41, 5.74) is 7.88. The molecule has 0 unspecified atom stereocenters. The van der Waals surface area contributed by atoms with E-state index in [1.165, 1.54) is 13.2 Å². The van der Waals surface area contributed by atoms with Gasteiger partial charge < -0.3 is 15.2 Å². The number of halogens is 1. The van der Waals surface area contributed by atoms with Gasteiger partial charge in [0.2, 0.25) is 5.95 Å². The molecule has 0 aliphatic carbocycles. The van der Waals surface area contributed by atoms with E-state index in [1.807, 2.05) is 24.3 Å². The Bertz CT molecular complexity index is 814. The Kier molecular flexibility index (Phi) is 3.13. The summed E-state index contributed by atoms with van der Waals surface area (Å²) in [6.45, 7) is 0. The molecule has 0 amide bonds. The topological polar surface area (TPSA) is 62.3 Å². The van der Waals surface area contributed by atoms with Gasteiger partial charge in [0.05, 0.1) is 30.9 Å². The van der Waals surface area contributed by atoms with Crippen LogP contribution in [0.4, 0.5) is 10.3 Å². The summed E-state index contributed by atoms with van der Waals surface area (Å²) >= 11 is 0. The van der Waals surface area contributed by atoms with Crippen LogP contribution < -0.4 is 15.2 Å². The van der Waals surface area contributed by atoms with E-state index in [0.29, 0.717) is 16.8 Å². The Labute approximate surface area is 120 Å². The third-order valence-electron chi connectivity index (χ3n) is 3.27. The molecule has 1 heterocycles. The van der Waals surface area contributed by atoms with Crippen LogP contribution in [0.2, 0.25) is 0 Å². The maximum atomic E-state index is 13.7. The molecule has 6 heteroatoms. The molecule has 2 aromatic carbocycles. The predicted molar refractivity (Wildman–Crippen MR) is 78.5 cm³/mol. The van der Waals surface area contributed by atoms with E-state index in [0.717, 1.165) is 5.69 Å². The van der Waals surface area contributed by atoms with E-state index in [-0.39, 0.29) is 11.7 Å². The van der Waals surface area contributed by atoms with Crippen molar-refractivity contribution in [3.05, 3.63) is 42.2 Å². The van der Waals surface area contributed by atoms with Crippen LogP contribution in [-0.2, 0) is 0 Å². The number of nitrogens with two attached hydrogens (primary N) is 1. The number of hydrogen-bond donors (Lipinski definition) is 1. The van der Waals surface area contributed by atoms with Crippen LogP contribution in [0, 0.1) is 5.82 Å². The zero-order valence-corrected chi connectivity index (χ0v) is 11.6. The zero-order valence-electron chi connectivity index (χ0n) is 11.6. The van der Waals surface area contributed by atoms with Crippen molar-refractivity contribution in [2.24, 2.45) is 0 Å². The van der Waals surface area contributed by atoms with Gasteiger partial charge in [-0.2, -0.15) is 0 Å². The second-order valence-corrected chi connectivity index (χ2v) is 4.48. The molecule has 0 radical (unpaired) electrons. The summed E-state index contributed by atoms with van der Waals surface area (Å²) in [4.78, 5) is 4.19. The molecule has 0 saturated heterocycles. The highest BCUT2D eigenvalue weighted by Gasteiger charge is 2.14. The summed E-state index contributed by atoms with van der Waals surface area (Å²) in [5, 5.41) is 0. The van der Waals surface area contributed by atoms with Gasteiger partial charge in [0.1, 0.15) is 5.75 Å².